The second-order valence-electron chi connectivity index (χ2n) is 6.35. The first-order valence-corrected chi connectivity index (χ1v) is 9.18. The summed E-state index contributed by atoms with van der Waals surface area (Å²) in [6, 6.07) is 15.5. The highest BCUT2D eigenvalue weighted by Crippen LogP contribution is 2.16. The number of carbonyl (C=O) groups is 2. The van der Waals surface area contributed by atoms with Crippen LogP contribution in [0.2, 0.25) is 0 Å². The number of benzene rings is 2. The molecule has 0 saturated heterocycles. The maximum atomic E-state index is 12.7. The standard InChI is InChI=1S/C22H19N3O6/c1-30-18-9-7-15(8-10-18)12-20(22(27)23-14-19-6-3-11-31-19)24-21(26)16-4-2-5-17(13-16)25(28)29/h2-13H,14H2,1H3,(H,23,27)(H,24,26)/b20-12-. The first-order valence-electron chi connectivity index (χ1n) is 9.18. The molecule has 0 fully saturated rings. The van der Waals surface area contributed by atoms with Crippen molar-refractivity contribution in [1.82, 2.24) is 10.6 Å². The quantitative estimate of drug-likeness (QED) is 0.327. The fourth-order valence-corrected chi connectivity index (χ4v) is 2.66. The maximum absolute atomic E-state index is 12.7. The number of hydrogen-bond acceptors (Lipinski definition) is 6. The number of nitrogens with one attached hydrogen (secondary N) is 2. The van der Waals surface area contributed by atoms with Crippen LogP contribution in [-0.2, 0) is 11.3 Å². The minimum absolute atomic E-state index is 0.0340. The van der Waals surface area contributed by atoms with Crippen LogP contribution < -0.4 is 15.4 Å². The normalized spacial score (nSPS) is 10.9. The summed E-state index contributed by atoms with van der Waals surface area (Å²) < 4.78 is 10.3. The van der Waals surface area contributed by atoms with Gasteiger partial charge in [0.2, 0.25) is 0 Å². The van der Waals surface area contributed by atoms with Gasteiger partial charge in [0.1, 0.15) is 17.2 Å². The summed E-state index contributed by atoms with van der Waals surface area (Å²) >= 11 is 0. The van der Waals surface area contributed by atoms with Crippen LogP contribution in [0, 0.1) is 10.1 Å². The van der Waals surface area contributed by atoms with E-state index in [1.165, 1.54) is 37.6 Å². The number of methoxy groups -OCH3 is 1. The molecule has 1 aromatic heterocycles. The molecular formula is C22H19N3O6. The van der Waals surface area contributed by atoms with Crippen LogP contribution in [0.5, 0.6) is 5.75 Å². The highest BCUT2D eigenvalue weighted by atomic mass is 16.6. The third-order valence-corrected chi connectivity index (χ3v) is 4.24. The number of non-ortho nitro benzene ring substituents is 1. The predicted octanol–water partition coefficient (Wildman–Crippen LogP) is 3.28. The molecule has 0 saturated carbocycles. The monoisotopic (exact) mass is 421 g/mol. The smallest absolute Gasteiger partial charge is 0.270 e. The van der Waals surface area contributed by atoms with Gasteiger partial charge in [0, 0.05) is 17.7 Å². The molecule has 0 aliphatic heterocycles. The summed E-state index contributed by atoms with van der Waals surface area (Å²) in [6.45, 7) is 0.123. The predicted molar refractivity (Wildman–Crippen MR) is 112 cm³/mol. The third-order valence-electron chi connectivity index (χ3n) is 4.24. The number of nitrogens with zero attached hydrogens (tertiary/aromatic N) is 1. The third kappa shape index (κ3) is 5.80. The van der Waals surface area contributed by atoms with Crippen LogP contribution in [0.15, 0.2) is 77.0 Å². The number of rotatable bonds is 8. The summed E-state index contributed by atoms with van der Waals surface area (Å²) in [4.78, 5) is 35.8. The van der Waals surface area contributed by atoms with E-state index >= 15 is 0 Å². The second-order valence-corrected chi connectivity index (χ2v) is 6.35. The Labute approximate surface area is 177 Å². The van der Waals surface area contributed by atoms with Crippen molar-refractivity contribution in [1.29, 1.82) is 0 Å². The zero-order valence-corrected chi connectivity index (χ0v) is 16.5. The highest BCUT2D eigenvalue weighted by Gasteiger charge is 2.17. The van der Waals surface area contributed by atoms with Crippen molar-refractivity contribution >= 4 is 23.6 Å². The Kier molecular flexibility index (Phi) is 6.79. The minimum Gasteiger partial charge on any atom is -0.497 e. The Hall–Kier alpha value is -4.40. The van der Waals surface area contributed by atoms with Crippen molar-refractivity contribution < 1.29 is 23.7 Å². The zero-order valence-electron chi connectivity index (χ0n) is 16.5. The molecule has 9 nitrogen and oxygen atoms in total. The van der Waals surface area contributed by atoms with E-state index in [2.05, 4.69) is 10.6 Å². The van der Waals surface area contributed by atoms with Crippen molar-refractivity contribution in [3.63, 3.8) is 0 Å². The molecule has 158 valence electrons. The minimum atomic E-state index is -0.656. The molecule has 3 rings (SSSR count). The molecule has 0 aliphatic rings. The van der Waals surface area contributed by atoms with Gasteiger partial charge in [-0.25, -0.2) is 0 Å². The van der Waals surface area contributed by atoms with Crippen molar-refractivity contribution in [2.24, 2.45) is 0 Å². The van der Waals surface area contributed by atoms with Gasteiger partial charge in [-0.1, -0.05) is 18.2 Å². The summed E-state index contributed by atoms with van der Waals surface area (Å²) in [6.07, 6.45) is 2.98. The van der Waals surface area contributed by atoms with Crippen LogP contribution in [0.4, 0.5) is 5.69 Å². The van der Waals surface area contributed by atoms with E-state index in [9.17, 15) is 19.7 Å². The lowest BCUT2D eigenvalue weighted by Crippen LogP contribution is -2.34. The van der Waals surface area contributed by atoms with Crippen LogP contribution in [0.3, 0.4) is 0 Å². The van der Waals surface area contributed by atoms with Gasteiger partial charge in [0.05, 0.1) is 24.8 Å². The SMILES string of the molecule is COc1ccc(/C=C(\NC(=O)c2cccc([N+](=O)[O-])c2)C(=O)NCc2ccco2)cc1. The Morgan fingerprint density at radius 3 is 2.55 bits per heavy atom. The molecule has 9 heteroatoms. The maximum Gasteiger partial charge on any atom is 0.270 e. The average Bonchev–Trinajstić information content (AvgIpc) is 3.31. The molecule has 0 unspecified atom stereocenters. The number of furan rings is 1. The number of nitro benzene ring substituents is 1. The molecule has 0 atom stereocenters. The van der Waals surface area contributed by atoms with E-state index in [0.29, 0.717) is 17.1 Å². The molecule has 1 heterocycles. The molecule has 2 aromatic carbocycles. The number of nitro groups is 1. The van der Waals surface area contributed by atoms with Gasteiger partial charge in [-0.3, -0.25) is 19.7 Å². The topological polar surface area (TPSA) is 124 Å². The molecule has 2 N–H and O–H groups in total. The molecule has 2 amide bonds. The second kappa shape index (κ2) is 9.88. The van der Waals surface area contributed by atoms with Crippen molar-refractivity contribution in [3.05, 3.63) is 99.6 Å². The first kappa shape index (κ1) is 21.3. The van der Waals surface area contributed by atoms with E-state index in [4.69, 9.17) is 9.15 Å². The molecule has 3 aromatic rings. The largest absolute Gasteiger partial charge is 0.497 e. The average molecular weight is 421 g/mol. The Bertz CT molecular complexity index is 1100. The number of ether oxygens (including phenoxy) is 1. The van der Waals surface area contributed by atoms with E-state index in [1.807, 2.05) is 0 Å². The van der Waals surface area contributed by atoms with Crippen molar-refractivity contribution in [3.8, 4) is 5.75 Å². The molecule has 31 heavy (non-hydrogen) atoms. The molecule has 0 aliphatic carbocycles. The van der Waals surface area contributed by atoms with E-state index in [-0.39, 0.29) is 23.5 Å². The van der Waals surface area contributed by atoms with Crippen LogP contribution in [0.1, 0.15) is 21.7 Å². The lowest BCUT2D eigenvalue weighted by Gasteiger charge is -2.11. The molecular weight excluding hydrogens is 402 g/mol. The number of hydrogen-bond donors (Lipinski definition) is 2. The first-order chi connectivity index (χ1) is 15.0. The van der Waals surface area contributed by atoms with E-state index in [1.54, 1.807) is 36.4 Å². The fourth-order valence-electron chi connectivity index (χ4n) is 2.66. The zero-order chi connectivity index (χ0) is 22.2. The Morgan fingerprint density at radius 1 is 1.13 bits per heavy atom. The van der Waals surface area contributed by atoms with Crippen molar-refractivity contribution in [2.45, 2.75) is 6.54 Å². The molecule has 0 radical (unpaired) electrons. The summed E-state index contributed by atoms with van der Waals surface area (Å²) in [5.74, 6) is -0.0219. The lowest BCUT2D eigenvalue weighted by molar-refractivity contribution is -0.384. The van der Waals surface area contributed by atoms with Gasteiger partial charge in [-0.15, -0.1) is 0 Å². The Balaban J connectivity index is 1.84. The molecule has 0 spiro atoms. The van der Waals surface area contributed by atoms with Gasteiger partial charge in [-0.2, -0.15) is 0 Å². The summed E-state index contributed by atoms with van der Waals surface area (Å²) in [5, 5.41) is 16.2. The fraction of sp³-hybridized carbons (Fsp3) is 0.0909. The summed E-state index contributed by atoms with van der Waals surface area (Å²) in [5.41, 5.74) is 0.431. The van der Waals surface area contributed by atoms with Gasteiger partial charge in [-0.05, 0) is 42.0 Å². The summed E-state index contributed by atoms with van der Waals surface area (Å²) in [7, 11) is 1.54. The Morgan fingerprint density at radius 2 is 1.90 bits per heavy atom. The van der Waals surface area contributed by atoms with Gasteiger partial charge >= 0.3 is 0 Å². The van der Waals surface area contributed by atoms with Crippen LogP contribution >= 0.6 is 0 Å². The van der Waals surface area contributed by atoms with Gasteiger partial charge in [0.15, 0.2) is 0 Å². The lowest BCUT2D eigenvalue weighted by atomic mass is 10.1. The van der Waals surface area contributed by atoms with Crippen LogP contribution in [0.25, 0.3) is 6.08 Å². The molecule has 0 bridgehead atoms. The van der Waals surface area contributed by atoms with Gasteiger partial charge in [0.25, 0.3) is 17.5 Å². The van der Waals surface area contributed by atoms with Crippen molar-refractivity contribution in [2.75, 3.05) is 7.11 Å². The number of carbonyl (C=O) groups excluding carboxylic acids is 2. The number of amides is 2. The van der Waals surface area contributed by atoms with E-state index in [0.717, 1.165) is 6.07 Å². The van der Waals surface area contributed by atoms with Gasteiger partial charge < -0.3 is 19.8 Å². The highest BCUT2D eigenvalue weighted by molar-refractivity contribution is 6.05. The van der Waals surface area contributed by atoms with E-state index < -0.39 is 16.7 Å². The van der Waals surface area contributed by atoms with Crippen LogP contribution in [-0.4, -0.2) is 23.8 Å².